The minimum absolute atomic E-state index is 0.0167. The zero-order chi connectivity index (χ0) is 22.7. The molecule has 0 unspecified atom stereocenters. The highest BCUT2D eigenvalue weighted by Crippen LogP contribution is 2.70. The van der Waals surface area contributed by atoms with Crippen LogP contribution >= 0.6 is 0 Å². The van der Waals surface area contributed by atoms with E-state index < -0.39 is 5.60 Å². The van der Waals surface area contributed by atoms with Crippen molar-refractivity contribution in [2.24, 2.45) is 28.6 Å². The summed E-state index contributed by atoms with van der Waals surface area (Å²) in [5.41, 5.74) is 1.15. The molecule has 2 heterocycles. The van der Waals surface area contributed by atoms with Gasteiger partial charge in [0.05, 0.1) is 30.8 Å². The minimum atomic E-state index is -0.519. The lowest BCUT2D eigenvalue weighted by Crippen LogP contribution is -2.62. The van der Waals surface area contributed by atoms with E-state index in [1.807, 2.05) is 6.26 Å². The molecule has 8 atom stereocenters. The van der Waals surface area contributed by atoms with Gasteiger partial charge in [-0.05, 0) is 124 Å². The van der Waals surface area contributed by atoms with Gasteiger partial charge in [-0.1, -0.05) is 13.8 Å². The third-order valence-electron chi connectivity index (χ3n) is 11.7. The standard InChI is InChI=1S/C29H45NO3/c1-27-11-7-23(33-18-16-30-14-3-4-15-30)19-22(27)5-6-26-25(27)8-12-28(2)24(9-13-29(26,28)31)21-10-17-32-20-21/h10,17,20,22-26,31H,3-9,11-16,18-19H2,1-2H3/t22-,23+,24-,25+,26-,27+,28-,29-/m1/s1. The summed E-state index contributed by atoms with van der Waals surface area (Å²) in [4.78, 5) is 2.57. The van der Waals surface area contributed by atoms with Crippen molar-refractivity contribution in [1.29, 1.82) is 0 Å². The molecule has 4 heteroatoms. The number of rotatable bonds is 5. The molecule has 184 valence electrons. The summed E-state index contributed by atoms with van der Waals surface area (Å²) in [6.07, 6.45) is 17.6. The second-order valence-electron chi connectivity index (χ2n) is 12.8. The lowest BCUT2D eigenvalue weighted by Gasteiger charge is -2.63. The molecule has 4 aliphatic carbocycles. The molecule has 1 aliphatic heterocycles. The fourth-order valence-electron chi connectivity index (χ4n) is 9.70. The largest absolute Gasteiger partial charge is 0.472 e. The van der Waals surface area contributed by atoms with Gasteiger partial charge >= 0.3 is 0 Å². The van der Waals surface area contributed by atoms with Crippen molar-refractivity contribution in [3.8, 4) is 0 Å². The monoisotopic (exact) mass is 455 g/mol. The molecule has 6 rings (SSSR count). The highest BCUT2D eigenvalue weighted by Gasteiger charge is 2.67. The Morgan fingerprint density at radius 1 is 1.03 bits per heavy atom. The van der Waals surface area contributed by atoms with Crippen LogP contribution in [0.2, 0.25) is 0 Å². The van der Waals surface area contributed by atoms with E-state index in [1.165, 1.54) is 70.0 Å². The molecule has 33 heavy (non-hydrogen) atoms. The van der Waals surface area contributed by atoms with Crippen LogP contribution in [0.5, 0.6) is 0 Å². The minimum Gasteiger partial charge on any atom is -0.472 e. The van der Waals surface area contributed by atoms with Gasteiger partial charge in [0.1, 0.15) is 0 Å². The predicted octanol–water partition coefficient (Wildman–Crippen LogP) is 6.00. The molecule has 5 fully saturated rings. The quantitative estimate of drug-likeness (QED) is 0.591. The highest BCUT2D eigenvalue weighted by molar-refractivity contribution is 5.26. The van der Waals surface area contributed by atoms with Crippen molar-refractivity contribution in [3.05, 3.63) is 24.2 Å². The highest BCUT2D eigenvalue weighted by atomic mass is 16.5. The molecular formula is C29H45NO3. The summed E-state index contributed by atoms with van der Waals surface area (Å²) >= 11 is 0. The van der Waals surface area contributed by atoms with E-state index in [4.69, 9.17) is 9.15 Å². The van der Waals surface area contributed by atoms with Crippen LogP contribution in [-0.2, 0) is 4.74 Å². The lowest BCUT2D eigenvalue weighted by molar-refractivity contribution is -0.207. The van der Waals surface area contributed by atoms with Crippen LogP contribution in [0, 0.1) is 28.6 Å². The average molecular weight is 456 g/mol. The summed E-state index contributed by atoms with van der Waals surface area (Å²) in [5.74, 6) is 2.33. The SMILES string of the molecule is C[C@]12CC[C@H](OCCN3CCCC3)C[C@H]1CC[C@@H]1[C@@H]2CC[C@]2(C)[C@@H](c3ccoc3)CC[C@@]12O. The fraction of sp³-hybridized carbons (Fsp3) is 0.862. The van der Waals surface area contributed by atoms with Crippen molar-refractivity contribution < 1.29 is 14.3 Å². The van der Waals surface area contributed by atoms with E-state index in [0.29, 0.717) is 29.3 Å². The van der Waals surface area contributed by atoms with Crippen LogP contribution < -0.4 is 0 Å². The van der Waals surface area contributed by atoms with Gasteiger partial charge in [-0.3, -0.25) is 0 Å². The topological polar surface area (TPSA) is 45.8 Å². The lowest BCUT2D eigenvalue weighted by atomic mass is 9.43. The van der Waals surface area contributed by atoms with Crippen LogP contribution in [0.1, 0.15) is 96.0 Å². The third-order valence-corrected chi connectivity index (χ3v) is 11.7. The zero-order valence-corrected chi connectivity index (χ0v) is 20.9. The van der Waals surface area contributed by atoms with Gasteiger partial charge in [-0.25, -0.2) is 0 Å². The summed E-state index contributed by atoms with van der Waals surface area (Å²) in [7, 11) is 0. The van der Waals surface area contributed by atoms with Gasteiger partial charge in [0.25, 0.3) is 0 Å². The van der Waals surface area contributed by atoms with Crippen LogP contribution in [0.3, 0.4) is 0 Å². The van der Waals surface area contributed by atoms with E-state index >= 15 is 0 Å². The van der Waals surface area contributed by atoms with Crippen molar-refractivity contribution >= 4 is 0 Å². The Labute approximate surface area is 200 Å². The van der Waals surface area contributed by atoms with E-state index in [0.717, 1.165) is 38.3 Å². The van der Waals surface area contributed by atoms with Gasteiger partial charge in [0, 0.05) is 12.0 Å². The maximum atomic E-state index is 12.4. The molecule has 0 spiro atoms. The molecule has 1 N–H and O–H groups in total. The molecule has 5 aliphatic rings. The maximum Gasteiger partial charge on any atom is 0.0937 e. The Morgan fingerprint density at radius 2 is 1.88 bits per heavy atom. The van der Waals surface area contributed by atoms with Crippen molar-refractivity contribution in [1.82, 2.24) is 4.90 Å². The molecule has 4 saturated carbocycles. The van der Waals surface area contributed by atoms with Crippen LogP contribution in [-0.4, -0.2) is 48.0 Å². The third kappa shape index (κ3) is 3.49. The second-order valence-corrected chi connectivity index (χ2v) is 12.8. The number of fused-ring (bicyclic) bond motifs is 5. The van der Waals surface area contributed by atoms with E-state index in [-0.39, 0.29) is 5.41 Å². The molecule has 0 amide bonds. The first-order chi connectivity index (χ1) is 15.9. The first kappa shape index (κ1) is 22.6. The number of ether oxygens (including phenoxy) is 1. The van der Waals surface area contributed by atoms with Crippen molar-refractivity contribution in [2.45, 2.75) is 102 Å². The Balaban J connectivity index is 1.14. The maximum absolute atomic E-state index is 12.4. The fourth-order valence-corrected chi connectivity index (χ4v) is 9.70. The Morgan fingerprint density at radius 3 is 2.67 bits per heavy atom. The van der Waals surface area contributed by atoms with Crippen LogP contribution in [0.4, 0.5) is 0 Å². The van der Waals surface area contributed by atoms with Gasteiger partial charge in [0.15, 0.2) is 0 Å². The summed E-state index contributed by atoms with van der Waals surface area (Å²) < 4.78 is 11.9. The van der Waals surface area contributed by atoms with Crippen LogP contribution in [0.25, 0.3) is 0 Å². The molecule has 0 bridgehead atoms. The molecule has 0 aromatic carbocycles. The smallest absolute Gasteiger partial charge is 0.0937 e. The normalized spacial score (nSPS) is 47.8. The number of nitrogens with zero attached hydrogens (tertiary/aromatic N) is 1. The predicted molar refractivity (Wildman–Crippen MR) is 130 cm³/mol. The molecule has 4 nitrogen and oxygen atoms in total. The summed E-state index contributed by atoms with van der Waals surface area (Å²) in [6.45, 7) is 9.54. The van der Waals surface area contributed by atoms with Gasteiger partial charge in [0.2, 0.25) is 0 Å². The number of aliphatic hydroxyl groups is 1. The Kier molecular flexibility index (Phi) is 5.74. The number of hydrogen-bond acceptors (Lipinski definition) is 4. The summed E-state index contributed by atoms with van der Waals surface area (Å²) in [5, 5.41) is 12.4. The van der Waals surface area contributed by atoms with Gasteiger partial charge in [-0.15, -0.1) is 0 Å². The van der Waals surface area contributed by atoms with E-state index in [1.54, 1.807) is 6.26 Å². The van der Waals surface area contributed by atoms with E-state index in [9.17, 15) is 5.11 Å². The molecule has 1 saturated heterocycles. The summed E-state index contributed by atoms with van der Waals surface area (Å²) in [6, 6.07) is 2.14. The van der Waals surface area contributed by atoms with E-state index in [2.05, 4.69) is 24.8 Å². The first-order valence-corrected chi connectivity index (χ1v) is 14.0. The second kappa shape index (κ2) is 8.38. The number of likely N-dealkylation sites (tertiary alicyclic amines) is 1. The molecule has 1 aromatic rings. The molecule has 0 radical (unpaired) electrons. The van der Waals surface area contributed by atoms with Gasteiger partial charge in [-0.2, -0.15) is 0 Å². The molecular weight excluding hydrogens is 410 g/mol. The van der Waals surface area contributed by atoms with Gasteiger partial charge < -0.3 is 19.2 Å². The van der Waals surface area contributed by atoms with Crippen molar-refractivity contribution in [3.63, 3.8) is 0 Å². The first-order valence-electron chi connectivity index (χ1n) is 14.0. The average Bonchev–Trinajstić information content (AvgIpc) is 3.55. The van der Waals surface area contributed by atoms with Crippen molar-refractivity contribution in [2.75, 3.05) is 26.2 Å². The van der Waals surface area contributed by atoms with Crippen LogP contribution in [0.15, 0.2) is 23.0 Å². The Bertz CT molecular complexity index is 819. The zero-order valence-electron chi connectivity index (χ0n) is 20.9. The Hall–Kier alpha value is -0.840. The molecule has 1 aromatic heterocycles. The number of hydrogen-bond donors (Lipinski definition) is 1. The number of furan rings is 1.